The Balaban J connectivity index is 1.60. The minimum absolute atomic E-state index is 0.177. The maximum Gasteiger partial charge on any atom is 0.263 e. The molecule has 0 saturated carbocycles. The first kappa shape index (κ1) is 18.9. The highest BCUT2D eigenvalue weighted by atomic mass is 32.2. The lowest BCUT2D eigenvalue weighted by molar-refractivity contribution is -0.121. The molecule has 7 nitrogen and oxygen atoms in total. The Hall–Kier alpha value is -2.87. The molecule has 1 atom stereocenters. The van der Waals surface area contributed by atoms with Gasteiger partial charge in [-0.1, -0.05) is 24.3 Å². The van der Waals surface area contributed by atoms with Crippen LogP contribution in [0.5, 0.6) is 5.75 Å². The van der Waals surface area contributed by atoms with Crippen LogP contribution in [0.15, 0.2) is 58.4 Å². The van der Waals surface area contributed by atoms with Crippen LogP contribution in [0.25, 0.3) is 0 Å². The lowest BCUT2D eigenvalue weighted by Crippen LogP contribution is -2.35. The van der Waals surface area contributed by atoms with Gasteiger partial charge in [-0.2, -0.15) is 0 Å². The fourth-order valence-electron chi connectivity index (χ4n) is 2.75. The molecule has 3 rings (SSSR count). The number of hydrogen-bond acceptors (Lipinski definition) is 5. The van der Waals surface area contributed by atoms with Gasteiger partial charge < -0.3 is 10.1 Å². The highest BCUT2D eigenvalue weighted by Crippen LogP contribution is 2.22. The molecule has 1 aliphatic heterocycles. The topological polar surface area (TPSA) is 96.9 Å². The Kier molecular flexibility index (Phi) is 5.46. The number of aliphatic imine (C=N–C) groups is 1. The van der Waals surface area contributed by atoms with Crippen LogP contribution < -0.4 is 14.8 Å². The van der Waals surface area contributed by atoms with Crippen molar-refractivity contribution in [3.8, 4) is 5.75 Å². The number of amidine groups is 1. The SMILES string of the molecule is COc1ccc(CCNC(=O)[C@H](C)N=C2NS(=O)(=O)c3ccccc32)cc1. The molecule has 1 amide bonds. The van der Waals surface area contributed by atoms with Crippen molar-refractivity contribution in [3.05, 3.63) is 59.7 Å². The summed E-state index contributed by atoms with van der Waals surface area (Å²) in [5.41, 5.74) is 1.56. The lowest BCUT2D eigenvalue weighted by atomic mass is 10.1. The average molecular weight is 387 g/mol. The first-order chi connectivity index (χ1) is 12.9. The summed E-state index contributed by atoms with van der Waals surface area (Å²) >= 11 is 0. The molecule has 0 spiro atoms. The highest BCUT2D eigenvalue weighted by molar-refractivity contribution is 7.90. The van der Waals surface area contributed by atoms with Gasteiger partial charge in [0.2, 0.25) is 5.91 Å². The van der Waals surface area contributed by atoms with Crippen molar-refractivity contribution < 1.29 is 17.9 Å². The molecule has 0 bridgehead atoms. The van der Waals surface area contributed by atoms with Crippen LogP contribution in [-0.2, 0) is 21.2 Å². The number of hydrogen-bond donors (Lipinski definition) is 2. The van der Waals surface area contributed by atoms with Crippen molar-refractivity contribution in [2.45, 2.75) is 24.3 Å². The zero-order chi connectivity index (χ0) is 19.4. The summed E-state index contributed by atoms with van der Waals surface area (Å²) in [6, 6.07) is 13.5. The van der Waals surface area contributed by atoms with E-state index in [0.29, 0.717) is 18.5 Å². The number of ether oxygens (including phenoxy) is 1. The Bertz CT molecular complexity index is 969. The molecule has 0 aromatic heterocycles. The molecule has 27 heavy (non-hydrogen) atoms. The second-order valence-corrected chi connectivity index (χ2v) is 7.80. The molecule has 0 unspecified atom stereocenters. The minimum Gasteiger partial charge on any atom is -0.497 e. The third kappa shape index (κ3) is 4.28. The fraction of sp³-hybridized carbons (Fsp3) is 0.263. The maximum absolute atomic E-state index is 12.3. The van der Waals surface area contributed by atoms with Crippen molar-refractivity contribution in [2.75, 3.05) is 13.7 Å². The summed E-state index contributed by atoms with van der Waals surface area (Å²) in [6.07, 6.45) is 0.675. The van der Waals surface area contributed by atoms with Crippen LogP contribution in [0.3, 0.4) is 0 Å². The number of nitrogens with one attached hydrogen (secondary N) is 2. The molecule has 0 saturated heterocycles. The van der Waals surface area contributed by atoms with Gasteiger partial charge in [-0.3, -0.25) is 14.5 Å². The van der Waals surface area contributed by atoms with Crippen molar-refractivity contribution in [1.29, 1.82) is 0 Å². The summed E-state index contributed by atoms with van der Waals surface area (Å²) in [4.78, 5) is 16.7. The van der Waals surface area contributed by atoms with Crippen molar-refractivity contribution in [1.82, 2.24) is 10.0 Å². The average Bonchev–Trinajstić information content (AvgIpc) is 2.92. The van der Waals surface area contributed by atoms with Gasteiger partial charge in [0.25, 0.3) is 10.0 Å². The van der Waals surface area contributed by atoms with E-state index in [4.69, 9.17) is 4.74 Å². The van der Waals surface area contributed by atoms with Crippen LogP contribution in [0, 0.1) is 0 Å². The quantitative estimate of drug-likeness (QED) is 0.785. The van der Waals surface area contributed by atoms with Crippen LogP contribution in [0.4, 0.5) is 0 Å². The predicted molar refractivity (Wildman–Crippen MR) is 102 cm³/mol. The van der Waals surface area contributed by atoms with E-state index in [1.54, 1.807) is 32.2 Å². The molecule has 0 fully saturated rings. The van der Waals surface area contributed by atoms with E-state index in [1.165, 1.54) is 6.07 Å². The number of nitrogens with zero attached hydrogens (tertiary/aromatic N) is 1. The molecule has 1 aliphatic rings. The zero-order valence-electron chi connectivity index (χ0n) is 15.1. The van der Waals surface area contributed by atoms with E-state index in [-0.39, 0.29) is 16.6 Å². The van der Waals surface area contributed by atoms with Gasteiger partial charge >= 0.3 is 0 Å². The van der Waals surface area contributed by atoms with Gasteiger partial charge in [0.1, 0.15) is 17.6 Å². The van der Waals surface area contributed by atoms with E-state index >= 15 is 0 Å². The van der Waals surface area contributed by atoms with E-state index in [9.17, 15) is 13.2 Å². The number of carbonyl (C=O) groups excluding carboxylic acids is 1. The number of fused-ring (bicyclic) bond motifs is 1. The summed E-state index contributed by atoms with van der Waals surface area (Å²) in [6.45, 7) is 2.09. The van der Waals surface area contributed by atoms with Crippen LogP contribution >= 0.6 is 0 Å². The number of benzene rings is 2. The van der Waals surface area contributed by atoms with E-state index in [1.807, 2.05) is 24.3 Å². The van der Waals surface area contributed by atoms with Gasteiger partial charge in [0.15, 0.2) is 0 Å². The predicted octanol–water partition coefficient (Wildman–Crippen LogP) is 1.48. The summed E-state index contributed by atoms with van der Waals surface area (Å²) in [7, 11) is -2.00. The summed E-state index contributed by atoms with van der Waals surface area (Å²) < 4.78 is 31.7. The lowest BCUT2D eigenvalue weighted by Gasteiger charge is -2.10. The Morgan fingerprint density at radius 2 is 1.89 bits per heavy atom. The van der Waals surface area contributed by atoms with Crippen LogP contribution in [0.1, 0.15) is 18.1 Å². The molecule has 2 aromatic carbocycles. The Morgan fingerprint density at radius 3 is 2.59 bits per heavy atom. The Labute approximate surface area is 158 Å². The molecular formula is C19H21N3O4S. The molecule has 2 N–H and O–H groups in total. The second-order valence-electron chi connectivity index (χ2n) is 6.14. The number of methoxy groups -OCH3 is 1. The van der Waals surface area contributed by atoms with Gasteiger partial charge in [0, 0.05) is 12.1 Å². The molecule has 1 heterocycles. The summed E-state index contributed by atoms with van der Waals surface area (Å²) in [5.74, 6) is 0.717. The van der Waals surface area contributed by atoms with Crippen molar-refractivity contribution in [2.24, 2.45) is 4.99 Å². The monoisotopic (exact) mass is 387 g/mol. The molecule has 142 valence electrons. The third-order valence-electron chi connectivity index (χ3n) is 4.24. The summed E-state index contributed by atoms with van der Waals surface area (Å²) in [5, 5.41) is 2.82. The molecule has 0 radical (unpaired) electrons. The standard InChI is InChI=1S/C19H21N3O4S/c1-13(19(23)20-12-11-14-7-9-15(26-2)10-8-14)21-18-16-5-3-4-6-17(16)27(24,25)22-18/h3-10,13H,11-12H2,1-2H3,(H,20,23)(H,21,22)/t13-/m0/s1. The van der Waals surface area contributed by atoms with Gasteiger partial charge in [-0.05, 0) is 43.2 Å². The smallest absolute Gasteiger partial charge is 0.263 e. The van der Waals surface area contributed by atoms with Gasteiger partial charge in [0.05, 0.1) is 12.0 Å². The maximum atomic E-state index is 12.3. The van der Waals surface area contributed by atoms with E-state index < -0.39 is 16.1 Å². The number of sulfonamides is 1. The van der Waals surface area contributed by atoms with Crippen molar-refractivity contribution >= 4 is 21.8 Å². The first-order valence-corrected chi connectivity index (χ1v) is 9.99. The fourth-order valence-corrected chi connectivity index (χ4v) is 3.99. The molecule has 8 heteroatoms. The zero-order valence-corrected chi connectivity index (χ0v) is 15.9. The van der Waals surface area contributed by atoms with Crippen molar-refractivity contribution in [3.63, 3.8) is 0 Å². The van der Waals surface area contributed by atoms with Crippen LogP contribution in [0.2, 0.25) is 0 Å². The van der Waals surface area contributed by atoms with E-state index in [0.717, 1.165) is 11.3 Å². The Morgan fingerprint density at radius 1 is 1.19 bits per heavy atom. The van der Waals surface area contributed by atoms with Gasteiger partial charge in [-0.15, -0.1) is 0 Å². The van der Waals surface area contributed by atoms with Crippen LogP contribution in [-0.4, -0.2) is 39.9 Å². The van der Waals surface area contributed by atoms with E-state index in [2.05, 4.69) is 15.0 Å². The number of amides is 1. The second kappa shape index (κ2) is 7.79. The molecule has 2 aromatic rings. The highest BCUT2D eigenvalue weighted by Gasteiger charge is 2.31. The van der Waals surface area contributed by atoms with Gasteiger partial charge in [-0.25, -0.2) is 8.42 Å². The number of carbonyl (C=O) groups is 1. The molecular weight excluding hydrogens is 366 g/mol. The largest absolute Gasteiger partial charge is 0.497 e. The normalized spacial score (nSPS) is 17.0. The third-order valence-corrected chi connectivity index (χ3v) is 5.63. The first-order valence-electron chi connectivity index (χ1n) is 8.51. The minimum atomic E-state index is -3.61. The number of rotatable bonds is 6. The molecule has 0 aliphatic carbocycles.